The zero-order chi connectivity index (χ0) is 16.4. The van der Waals surface area contributed by atoms with Crippen LogP contribution >= 0.6 is 27.5 Å². The number of benzene rings is 3. The first kappa shape index (κ1) is 16.0. The van der Waals surface area contributed by atoms with Crippen LogP contribution in [0.15, 0.2) is 65.1 Å². The van der Waals surface area contributed by atoms with Gasteiger partial charge in [-0.1, -0.05) is 54.1 Å². The molecule has 3 rings (SSSR count). The lowest BCUT2D eigenvalue weighted by atomic mass is 9.93. The third-order valence-electron chi connectivity index (χ3n) is 3.61. The Balaban J connectivity index is 2.40. The fourth-order valence-electron chi connectivity index (χ4n) is 2.60. The van der Waals surface area contributed by atoms with E-state index in [9.17, 15) is 4.39 Å². The van der Waals surface area contributed by atoms with E-state index in [2.05, 4.69) is 15.9 Å². The molecule has 3 aromatic carbocycles. The van der Waals surface area contributed by atoms with Gasteiger partial charge in [0.2, 0.25) is 0 Å². The maximum atomic E-state index is 14.5. The summed E-state index contributed by atoms with van der Waals surface area (Å²) >= 11 is 9.76. The average molecular weight is 392 g/mol. The van der Waals surface area contributed by atoms with Crippen LogP contribution in [0.5, 0.6) is 5.75 Å². The van der Waals surface area contributed by atoms with Crippen LogP contribution in [0.3, 0.4) is 0 Å². The molecule has 0 aromatic heterocycles. The van der Waals surface area contributed by atoms with Crippen LogP contribution in [0.4, 0.5) is 4.39 Å². The first-order valence-corrected chi connectivity index (χ1v) is 8.17. The second-order valence-electron chi connectivity index (χ2n) is 4.97. The molecule has 0 spiro atoms. The highest BCUT2D eigenvalue weighted by molar-refractivity contribution is 9.10. The highest BCUT2D eigenvalue weighted by Gasteiger charge is 2.21. The highest BCUT2D eigenvalue weighted by atomic mass is 79.9. The first-order valence-electron chi connectivity index (χ1n) is 6.99. The minimum atomic E-state index is -0.383. The normalized spacial score (nSPS) is 10.6. The van der Waals surface area contributed by atoms with Crippen LogP contribution < -0.4 is 4.74 Å². The predicted molar refractivity (Wildman–Crippen MR) is 96.5 cm³/mol. The van der Waals surface area contributed by atoms with Crippen LogP contribution in [0.25, 0.3) is 22.3 Å². The van der Waals surface area contributed by atoms with E-state index in [4.69, 9.17) is 16.3 Å². The molecule has 23 heavy (non-hydrogen) atoms. The Morgan fingerprint density at radius 1 is 0.913 bits per heavy atom. The van der Waals surface area contributed by atoms with Gasteiger partial charge in [0, 0.05) is 11.1 Å². The van der Waals surface area contributed by atoms with Crippen molar-refractivity contribution in [2.75, 3.05) is 7.11 Å². The van der Waals surface area contributed by atoms with Crippen LogP contribution in [0.1, 0.15) is 0 Å². The SMILES string of the molecule is COc1c(Br)ccc(-c2ccccc2)c1-c1c(F)cccc1Cl. The van der Waals surface area contributed by atoms with Gasteiger partial charge in [0.05, 0.1) is 16.6 Å². The molecule has 3 aromatic rings. The maximum Gasteiger partial charge on any atom is 0.141 e. The van der Waals surface area contributed by atoms with Crippen molar-refractivity contribution < 1.29 is 9.13 Å². The van der Waals surface area contributed by atoms with Crippen molar-refractivity contribution in [3.8, 4) is 28.0 Å². The largest absolute Gasteiger partial charge is 0.495 e. The minimum absolute atomic E-state index is 0.339. The second kappa shape index (κ2) is 6.73. The molecule has 116 valence electrons. The summed E-state index contributed by atoms with van der Waals surface area (Å²) in [5.74, 6) is 0.171. The lowest BCUT2D eigenvalue weighted by molar-refractivity contribution is 0.413. The van der Waals surface area contributed by atoms with Crippen LogP contribution in [-0.2, 0) is 0 Å². The molecular formula is C19H13BrClFO. The summed E-state index contributed by atoms with van der Waals surface area (Å²) in [5, 5.41) is 0.346. The van der Waals surface area contributed by atoms with Crippen molar-refractivity contribution >= 4 is 27.5 Å². The molecule has 0 amide bonds. The van der Waals surface area contributed by atoms with Crippen molar-refractivity contribution in [1.82, 2.24) is 0 Å². The molecule has 0 saturated heterocycles. The summed E-state index contributed by atoms with van der Waals surface area (Å²) in [6, 6.07) is 18.3. The number of hydrogen-bond donors (Lipinski definition) is 0. The monoisotopic (exact) mass is 390 g/mol. The Morgan fingerprint density at radius 2 is 1.65 bits per heavy atom. The van der Waals surface area contributed by atoms with Gasteiger partial charge in [0.25, 0.3) is 0 Å². The van der Waals surface area contributed by atoms with Gasteiger partial charge < -0.3 is 4.74 Å². The minimum Gasteiger partial charge on any atom is -0.495 e. The molecule has 0 aliphatic carbocycles. The van der Waals surface area contributed by atoms with E-state index in [1.807, 2.05) is 42.5 Å². The van der Waals surface area contributed by atoms with E-state index in [0.29, 0.717) is 21.9 Å². The second-order valence-corrected chi connectivity index (χ2v) is 6.23. The van der Waals surface area contributed by atoms with Gasteiger partial charge in [-0.15, -0.1) is 0 Å². The Morgan fingerprint density at radius 3 is 2.30 bits per heavy atom. The predicted octanol–water partition coefficient (Wildman–Crippen LogP) is 6.58. The van der Waals surface area contributed by atoms with Crippen molar-refractivity contribution in [2.45, 2.75) is 0 Å². The average Bonchev–Trinajstić information content (AvgIpc) is 2.56. The van der Waals surface area contributed by atoms with E-state index >= 15 is 0 Å². The third kappa shape index (κ3) is 2.99. The molecule has 0 heterocycles. The third-order valence-corrected chi connectivity index (χ3v) is 4.55. The molecule has 4 heteroatoms. The van der Waals surface area contributed by atoms with E-state index in [1.54, 1.807) is 19.2 Å². The molecule has 0 fully saturated rings. The van der Waals surface area contributed by atoms with E-state index in [0.717, 1.165) is 15.6 Å². The van der Waals surface area contributed by atoms with Gasteiger partial charge in [0.1, 0.15) is 11.6 Å². The zero-order valence-electron chi connectivity index (χ0n) is 12.3. The van der Waals surface area contributed by atoms with Crippen molar-refractivity contribution in [2.24, 2.45) is 0 Å². The van der Waals surface area contributed by atoms with Crippen LogP contribution in [0.2, 0.25) is 5.02 Å². The fraction of sp³-hybridized carbons (Fsp3) is 0.0526. The summed E-state index contributed by atoms with van der Waals surface area (Å²) in [4.78, 5) is 0. The summed E-state index contributed by atoms with van der Waals surface area (Å²) in [6.45, 7) is 0. The Labute approximate surface area is 147 Å². The van der Waals surface area contributed by atoms with Crippen molar-refractivity contribution in [1.29, 1.82) is 0 Å². The quantitative estimate of drug-likeness (QED) is 0.490. The number of methoxy groups -OCH3 is 1. The standard InChI is InChI=1S/C19H13BrClFO/c1-23-19-14(20)11-10-13(12-6-3-2-4-7-12)17(19)18-15(21)8-5-9-16(18)22/h2-11H,1H3. The van der Waals surface area contributed by atoms with Crippen molar-refractivity contribution in [3.05, 3.63) is 76.0 Å². The lowest BCUT2D eigenvalue weighted by Gasteiger charge is -2.17. The fourth-order valence-corrected chi connectivity index (χ4v) is 3.35. The molecule has 0 saturated carbocycles. The summed E-state index contributed by atoms with van der Waals surface area (Å²) in [5.41, 5.74) is 2.80. The van der Waals surface area contributed by atoms with Gasteiger partial charge in [-0.2, -0.15) is 0 Å². The summed E-state index contributed by atoms with van der Waals surface area (Å²) < 4.78 is 20.8. The Bertz CT molecular complexity index is 829. The molecule has 0 aliphatic rings. The highest BCUT2D eigenvalue weighted by Crippen LogP contribution is 2.46. The summed E-state index contributed by atoms with van der Waals surface area (Å²) in [7, 11) is 1.56. The first-order chi connectivity index (χ1) is 11.1. The number of hydrogen-bond acceptors (Lipinski definition) is 1. The zero-order valence-corrected chi connectivity index (χ0v) is 14.7. The van der Waals surface area contributed by atoms with Gasteiger partial charge in [-0.25, -0.2) is 4.39 Å². The molecule has 0 unspecified atom stereocenters. The molecular weight excluding hydrogens is 379 g/mol. The Kier molecular flexibility index (Phi) is 4.69. The van der Waals surface area contributed by atoms with Crippen molar-refractivity contribution in [3.63, 3.8) is 0 Å². The molecule has 0 aliphatic heterocycles. The number of halogens is 3. The van der Waals surface area contributed by atoms with Crippen LogP contribution in [-0.4, -0.2) is 7.11 Å². The lowest BCUT2D eigenvalue weighted by Crippen LogP contribution is -1.96. The molecule has 0 atom stereocenters. The van der Waals surface area contributed by atoms with E-state index in [1.165, 1.54) is 6.07 Å². The number of rotatable bonds is 3. The topological polar surface area (TPSA) is 9.23 Å². The van der Waals surface area contributed by atoms with E-state index in [-0.39, 0.29) is 5.82 Å². The summed E-state index contributed by atoms with van der Waals surface area (Å²) in [6.07, 6.45) is 0. The van der Waals surface area contributed by atoms with Gasteiger partial charge in [-0.3, -0.25) is 0 Å². The van der Waals surface area contributed by atoms with Gasteiger partial charge in [0.15, 0.2) is 0 Å². The van der Waals surface area contributed by atoms with Gasteiger partial charge in [-0.05, 0) is 45.3 Å². The van der Waals surface area contributed by atoms with E-state index < -0.39 is 0 Å². The molecule has 1 nitrogen and oxygen atoms in total. The maximum absolute atomic E-state index is 14.5. The number of ether oxygens (including phenoxy) is 1. The molecule has 0 N–H and O–H groups in total. The smallest absolute Gasteiger partial charge is 0.141 e. The molecule has 0 radical (unpaired) electrons. The van der Waals surface area contributed by atoms with Gasteiger partial charge >= 0.3 is 0 Å². The van der Waals surface area contributed by atoms with Crippen LogP contribution in [0, 0.1) is 5.82 Å². The Hall–Kier alpha value is -1.84. The molecule has 0 bridgehead atoms.